The van der Waals surface area contributed by atoms with Gasteiger partial charge in [0.1, 0.15) is 6.10 Å². The topological polar surface area (TPSA) is 55.8 Å². The van der Waals surface area contributed by atoms with Crippen LogP contribution in [0.4, 0.5) is 0 Å². The predicted molar refractivity (Wildman–Crippen MR) is 65.0 cm³/mol. The van der Waals surface area contributed by atoms with Gasteiger partial charge in [-0.3, -0.25) is 0 Å². The summed E-state index contributed by atoms with van der Waals surface area (Å²) in [5.41, 5.74) is -1.41. The summed E-state index contributed by atoms with van der Waals surface area (Å²) < 4.78 is 11.6. The van der Waals surface area contributed by atoms with Crippen molar-refractivity contribution in [3.8, 4) is 0 Å². The predicted octanol–water partition coefficient (Wildman–Crippen LogP) is 1.93. The average Bonchev–Trinajstić information content (AvgIpc) is 2.67. The molecule has 18 heavy (non-hydrogen) atoms. The van der Waals surface area contributed by atoms with E-state index < -0.39 is 11.6 Å². The van der Waals surface area contributed by atoms with Crippen molar-refractivity contribution in [1.29, 1.82) is 0 Å². The van der Waals surface area contributed by atoms with E-state index in [0.717, 1.165) is 19.3 Å². The average molecular weight is 254 g/mol. The Morgan fingerprint density at radius 1 is 1.22 bits per heavy atom. The third-order valence-electron chi connectivity index (χ3n) is 4.92. The molecule has 1 saturated carbocycles. The van der Waals surface area contributed by atoms with E-state index in [1.54, 1.807) is 0 Å². The molecular weight excluding hydrogens is 232 g/mol. The van der Waals surface area contributed by atoms with Gasteiger partial charge in [-0.2, -0.15) is 0 Å². The van der Waals surface area contributed by atoms with Crippen molar-refractivity contribution in [2.24, 2.45) is 0 Å². The second kappa shape index (κ2) is 4.20. The molecule has 0 radical (unpaired) electrons. The highest BCUT2D eigenvalue weighted by Crippen LogP contribution is 2.47. The first-order chi connectivity index (χ1) is 8.57. The van der Waals surface area contributed by atoms with Gasteiger partial charge in [-0.1, -0.05) is 26.2 Å². The number of ether oxygens (including phenoxy) is 2. The van der Waals surface area contributed by atoms with Crippen LogP contribution in [0.2, 0.25) is 0 Å². The lowest BCUT2D eigenvalue weighted by molar-refractivity contribution is -0.195. The number of aliphatic hydroxyl groups is 1. The van der Waals surface area contributed by atoms with Crippen LogP contribution in [0.25, 0.3) is 0 Å². The summed E-state index contributed by atoms with van der Waals surface area (Å²) in [6.45, 7) is 1.81. The highest BCUT2D eigenvalue weighted by atomic mass is 16.6. The van der Waals surface area contributed by atoms with Gasteiger partial charge in [0.2, 0.25) is 0 Å². The Morgan fingerprint density at radius 3 is 2.61 bits per heavy atom. The lowest BCUT2D eigenvalue weighted by Gasteiger charge is -2.36. The maximum absolute atomic E-state index is 11.8. The smallest absolute Gasteiger partial charge is 0.338 e. The first-order valence-corrected chi connectivity index (χ1v) is 7.18. The fraction of sp³-hybridized carbons (Fsp3) is 0.929. The second-order valence-corrected chi connectivity index (χ2v) is 6.14. The molecule has 3 atom stereocenters. The molecule has 2 aliphatic heterocycles. The first-order valence-electron chi connectivity index (χ1n) is 7.18. The number of esters is 1. The van der Waals surface area contributed by atoms with E-state index in [-0.39, 0.29) is 17.8 Å². The largest absolute Gasteiger partial charge is 0.457 e. The zero-order valence-corrected chi connectivity index (χ0v) is 11.0. The highest BCUT2D eigenvalue weighted by molar-refractivity contribution is 5.80. The first kappa shape index (κ1) is 12.4. The third-order valence-corrected chi connectivity index (χ3v) is 4.92. The van der Waals surface area contributed by atoms with Crippen LogP contribution >= 0.6 is 0 Å². The van der Waals surface area contributed by atoms with Crippen molar-refractivity contribution >= 4 is 5.97 Å². The quantitative estimate of drug-likeness (QED) is 0.726. The fourth-order valence-corrected chi connectivity index (χ4v) is 3.70. The monoisotopic (exact) mass is 254 g/mol. The van der Waals surface area contributed by atoms with E-state index >= 15 is 0 Å². The number of hydrogen-bond donors (Lipinski definition) is 1. The van der Waals surface area contributed by atoms with E-state index in [9.17, 15) is 9.90 Å². The van der Waals surface area contributed by atoms with Gasteiger partial charge in [0, 0.05) is 12.8 Å². The van der Waals surface area contributed by atoms with Gasteiger partial charge in [-0.15, -0.1) is 0 Å². The highest BCUT2D eigenvalue weighted by Gasteiger charge is 2.56. The Bertz CT molecular complexity index is 348. The summed E-state index contributed by atoms with van der Waals surface area (Å²) in [5, 5.41) is 10.2. The minimum atomic E-state index is -1.33. The second-order valence-electron chi connectivity index (χ2n) is 6.14. The zero-order chi connectivity index (χ0) is 12.8. The molecule has 1 aliphatic carbocycles. The molecule has 2 heterocycles. The molecule has 3 unspecified atom stereocenters. The van der Waals surface area contributed by atoms with Gasteiger partial charge < -0.3 is 14.6 Å². The molecule has 4 heteroatoms. The molecule has 2 saturated heterocycles. The van der Waals surface area contributed by atoms with Gasteiger partial charge in [-0.05, 0) is 19.3 Å². The van der Waals surface area contributed by atoms with Crippen LogP contribution in [0.1, 0.15) is 58.3 Å². The van der Waals surface area contributed by atoms with E-state index in [1.807, 2.05) is 6.92 Å². The molecule has 102 valence electrons. The number of carbonyl (C=O) groups is 1. The number of carbonyl (C=O) groups excluding carboxylic acids is 1. The molecule has 0 aromatic carbocycles. The van der Waals surface area contributed by atoms with Crippen molar-refractivity contribution in [3.63, 3.8) is 0 Å². The molecular formula is C14H22O4. The van der Waals surface area contributed by atoms with Gasteiger partial charge in [0.15, 0.2) is 5.60 Å². The molecule has 3 aliphatic rings. The summed E-state index contributed by atoms with van der Waals surface area (Å²) in [6.07, 6.45) is 7.19. The van der Waals surface area contributed by atoms with Crippen LogP contribution in [0, 0.1) is 0 Å². The van der Waals surface area contributed by atoms with Crippen LogP contribution in [0.15, 0.2) is 0 Å². The molecule has 0 aromatic heterocycles. The van der Waals surface area contributed by atoms with Gasteiger partial charge in [-0.25, -0.2) is 4.79 Å². The third kappa shape index (κ3) is 1.86. The van der Waals surface area contributed by atoms with Gasteiger partial charge in [0.05, 0.1) is 11.7 Å². The number of hydrogen-bond acceptors (Lipinski definition) is 4. The maximum atomic E-state index is 11.8. The van der Waals surface area contributed by atoms with Gasteiger partial charge >= 0.3 is 5.97 Å². The van der Waals surface area contributed by atoms with Crippen LogP contribution < -0.4 is 0 Å². The van der Waals surface area contributed by atoms with Crippen molar-refractivity contribution in [1.82, 2.24) is 0 Å². The minimum absolute atomic E-state index is 0.0765. The normalized spacial score (nSPS) is 42.7. The van der Waals surface area contributed by atoms with E-state index in [0.29, 0.717) is 12.8 Å². The van der Waals surface area contributed by atoms with Crippen molar-refractivity contribution < 1.29 is 19.4 Å². The van der Waals surface area contributed by atoms with Crippen LogP contribution in [0.5, 0.6) is 0 Å². The van der Waals surface area contributed by atoms with E-state index in [1.165, 1.54) is 19.3 Å². The molecule has 1 spiro atoms. The van der Waals surface area contributed by atoms with Crippen LogP contribution in [-0.4, -0.2) is 34.5 Å². The van der Waals surface area contributed by atoms with Crippen molar-refractivity contribution in [3.05, 3.63) is 0 Å². The van der Waals surface area contributed by atoms with Crippen LogP contribution in [-0.2, 0) is 14.3 Å². The molecule has 1 N–H and O–H groups in total. The SMILES string of the molecule is CCC1(O)CC2OC3(CCCCC3)CC2OC1=O. The van der Waals surface area contributed by atoms with Crippen LogP contribution in [0.3, 0.4) is 0 Å². The summed E-state index contributed by atoms with van der Waals surface area (Å²) in [5.74, 6) is -0.456. The Kier molecular flexibility index (Phi) is 2.90. The van der Waals surface area contributed by atoms with E-state index in [2.05, 4.69) is 0 Å². The Hall–Kier alpha value is -0.610. The lowest BCUT2D eigenvalue weighted by Crippen LogP contribution is -2.51. The number of fused-ring (bicyclic) bond motifs is 1. The van der Waals surface area contributed by atoms with E-state index in [4.69, 9.17) is 9.47 Å². The molecule has 0 aromatic rings. The van der Waals surface area contributed by atoms with Crippen molar-refractivity contribution in [2.45, 2.75) is 81.7 Å². The van der Waals surface area contributed by atoms with Gasteiger partial charge in [0.25, 0.3) is 0 Å². The summed E-state index contributed by atoms with van der Waals surface area (Å²) in [4.78, 5) is 11.8. The lowest BCUT2D eigenvalue weighted by atomic mass is 9.81. The molecule has 3 rings (SSSR count). The Balaban J connectivity index is 1.76. The number of rotatable bonds is 1. The summed E-state index contributed by atoms with van der Waals surface area (Å²) >= 11 is 0. The zero-order valence-electron chi connectivity index (χ0n) is 11.0. The maximum Gasteiger partial charge on any atom is 0.338 e. The fourth-order valence-electron chi connectivity index (χ4n) is 3.70. The minimum Gasteiger partial charge on any atom is -0.457 e. The standard InChI is InChI=1S/C14H22O4/c1-2-14(16)9-11-10(17-12(14)15)8-13(18-11)6-4-3-5-7-13/h10-11,16H,2-9H2,1H3. The summed E-state index contributed by atoms with van der Waals surface area (Å²) in [7, 11) is 0. The van der Waals surface area contributed by atoms with Crippen molar-refractivity contribution in [2.75, 3.05) is 0 Å². The molecule has 3 fully saturated rings. The molecule has 4 nitrogen and oxygen atoms in total. The Labute approximate surface area is 108 Å². The summed E-state index contributed by atoms with van der Waals surface area (Å²) in [6, 6.07) is 0. The molecule has 0 bridgehead atoms. The Morgan fingerprint density at radius 2 is 1.94 bits per heavy atom. The molecule has 0 amide bonds.